The monoisotopic (exact) mass is 305 g/mol. The number of piperazine rings is 1. The van der Waals surface area contributed by atoms with E-state index in [1.165, 1.54) is 4.90 Å². The van der Waals surface area contributed by atoms with E-state index in [4.69, 9.17) is 4.74 Å². The molecule has 3 rings (SSSR count). The van der Waals surface area contributed by atoms with Crippen LogP contribution in [0.1, 0.15) is 5.69 Å². The van der Waals surface area contributed by atoms with Gasteiger partial charge >= 0.3 is 6.09 Å². The minimum Gasteiger partial charge on any atom is -0.448 e. The van der Waals surface area contributed by atoms with Crippen molar-refractivity contribution in [2.24, 2.45) is 0 Å². The summed E-state index contributed by atoms with van der Waals surface area (Å²) in [6, 6.07) is 3.87. The van der Waals surface area contributed by atoms with E-state index < -0.39 is 6.09 Å². The van der Waals surface area contributed by atoms with Crippen LogP contribution in [0.4, 0.5) is 10.6 Å². The lowest BCUT2D eigenvalue weighted by molar-refractivity contribution is -0.132. The third kappa shape index (κ3) is 3.10. The lowest BCUT2D eigenvalue weighted by atomic mass is 10.3. The molecule has 8 nitrogen and oxygen atoms in total. The summed E-state index contributed by atoms with van der Waals surface area (Å²) in [6.07, 6.45) is -0.401. The Labute approximate surface area is 128 Å². The molecule has 1 aromatic heterocycles. The molecular formula is C14H19N5O3. The van der Waals surface area contributed by atoms with E-state index in [0.29, 0.717) is 39.3 Å². The number of nitrogens with zero attached hydrogens (tertiary/aromatic N) is 5. The van der Waals surface area contributed by atoms with Gasteiger partial charge in [-0.3, -0.25) is 9.69 Å². The summed E-state index contributed by atoms with van der Waals surface area (Å²) in [6.45, 7) is 5.53. The number of cyclic esters (lactones) is 1. The van der Waals surface area contributed by atoms with E-state index in [0.717, 1.165) is 11.5 Å². The van der Waals surface area contributed by atoms with Crippen LogP contribution < -0.4 is 4.90 Å². The molecule has 2 aliphatic rings. The first-order valence-electron chi connectivity index (χ1n) is 7.38. The molecule has 1 aromatic rings. The molecule has 0 radical (unpaired) electrons. The average molecular weight is 305 g/mol. The van der Waals surface area contributed by atoms with Gasteiger partial charge in [0.15, 0.2) is 5.82 Å². The number of aryl methyl sites for hydroxylation is 1. The van der Waals surface area contributed by atoms with Crippen molar-refractivity contribution in [2.45, 2.75) is 6.92 Å². The lowest BCUT2D eigenvalue weighted by Gasteiger charge is -2.35. The molecule has 2 fully saturated rings. The molecule has 0 aliphatic carbocycles. The summed E-state index contributed by atoms with van der Waals surface area (Å²) in [7, 11) is 0. The molecular weight excluding hydrogens is 286 g/mol. The highest BCUT2D eigenvalue weighted by molar-refractivity contribution is 5.83. The van der Waals surface area contributed by atoms with Gasteiger partial charge in [0.2, 0.25) is 5.91 Å². The maximum Gasteiger partial charge on any atom is 0.410 e. The Bertz CT molecular complexity index is 554. The topological polar surface area (TPSA) is 78.9 Å². The summed E-state index contributed by atoms with van der Waals surface area (Å²) in [5.41, 5.74) is 0.884. The minimum absolute atomic E-state index is 0.0338. The van der Waals surface area contributed by atoms with Gasteiger partial charge < -0.3 is 14.5 Å². The third-order valence-corrected chi connectivity index (χ3v) is 3.91. The van der Waals surface area contributed by atoms with Gasteiger partial charge in [-0.1, -0.05) is 0 Å². The Morgan fingerprint density at radius 2 is 1.95 bits per heavy atom. The highest BCUT2D eigenvalue weighted by Gasteiger charge is 2.28. The van der Waals surface area contributed by atoms with E-state index in [1.807, 2.05) is 19.1 Å². The number of ether oxygens (including phenoxy) is 1. The van der Waals surface area contributed by atoms with Crippen LogP contribution in [-0.2, 0) is 9.53 Å². The molecule has 2 amide bonds. The molecule has 118 valence electrons. The zero-order valence-electron chi connectivity index (χ0n) is 12.6. The standard InChI is InChI=1S/C14H19N5O3/c1-11-2-3-12(16-15-11)17-4-6-18(7-5-17)13(20)10-19-8-9-22-14(19)21/h2-3H,4-10H2,1H3. The molecule has 2 saturated heterocycles. The van der Waals surface area contributed by atoms with Gasteiger partial charge in [0.05, 0.1) is 12.2 Å². The van der Waals surface area contributed by atoms with Crippen molar-refractivity contribution in [3.63, 3.8) is 0 Å². The number of amides is 2. The molecule has 22 heavy (non-hydrogen) atoms. The van der Waals surface area contributed by atoms with Crippen molar-refractivity contribution in [1.82, 2.24) is 20.0 Å². The Kier molecular flexibility index (Phi) is 4.08. The maximum absolute atomic E-state index is 12.2. The molecule has 2 aliphatic heterocycles. The van der Waals surface area contributed by atoms with Gasteiger partial charge in [-0.15, -0.1) is 5.10 Å². The van der Waals surface area contributed by atoms with Crippen LogP contribution in [-0.4, -0.2) is 77.9 Å². The first-order chi connectivity index (χ1) is 10.6. The third-order valence-electron chi connectivity index (χ3n) is 3.91. The second kappa shape index (κ2) is 6.17. The van der Waals surface area contributed by atoms with Crippen LogP contribution in [0.3, 0.4) is 0 Å². The van der Waals surface area contributed by atoms with Crippen LogP contribution in [0.25, 0.3) is 0 Å². The second-order valence-electron chi connectivity index (χ2n) is 5.44. The molecule has 0 aromatic carbocycles. The fourth-order valence-electron chi connectivity index (χ4n) is 2.58. The Morgan fingerprint density at radius 3 is 2.55 bits per heavy atom. The summed E-state index contributed by atoms with van der Waals surface area (Å²) in [5.74, 6) is 0.800. The zero-order chi connectivity index (χ0) is 15.5. The van der Waals surface area contributed by atoms with Gasteiger partial charge in [-0.2, -0.15) is 5.10 Å². The Morgan fingerprint density at radius 1 is 1.18 bits per heavy atom. The van der Waals surface area contributed by atoms with E-state index in [2.05, 4.69) is 15.1 Å². The van der Waals surface area contributed by atoms with Crippen LogP contribution in [0.5, 0.6) is 0 Å². The normalized spacial score (nSPS) is 18.6. The van der Waals surface area contributed by atoms with Crippen molar-refractivity contribution in [1.29, 1.82) is 0 Å². The van der Waals surface area contributed by atoms with Crippen LogP contribution in [0.2, 0.25) is 0 Å². The van der Waals surface area contributed by atoms with Gasteiger partial charge in [0.25, 0.3) is 0 Å². The number of hydrogen-bond acceptors (Lipinski definition) is 6. The highest BCUT2D eigenvalue weighted by atomic mass is 16.6. The van der Waals surface area contributed by atoms with E-state index >= 15 is 0 Å². The fraction of sp³-hybridized carbons (Fsp3) is 0.571. The van der Waals surface area contributed by atoms with Crippen molar-refractivity contribution in [3.8, 4) is 0 Å². The second-order valence-corrected chi connectivity index (χ2v) is 5.44. The highest BCUT2D eigenvalue weighted by Crippen LogP contribution is 2.13. The fourth-order valence-corrected chi connectivity index (χ4v) is 2.58. The van der Waals surface area contributed by atoms with E-state index in [-0.39, 0.29) is 12.5 Å². The molecule has 0 saturated carbocycles. The maximum atomic E-state index is 12.2. The van der Waals surface area contributed by atoms with E-state index in [9.17, 15) is 9.59 Å². The zero-order valence-corrected chi connectivity index (χ0v) is 12.6. The molecule has 0 atom stereocenters. The summed E-state index contributed by atoms with van der Waals surface area (Å²) >= 11 is 0. The molecule has 0 N–H and O–H groups in total. The smallest absolute Gasteiger partial charge is 0.410 e. The predicted molar refractivity (Wildman–Crippen MR) is 78.5 cm³/mol. The molecule has 8 heteroatoms. The Balaban J connectivity index is 1.51. The SMILES string of the molecule is Cc1ccc(N2CCN(C(=O)CN3CCOC3=O)CC2)nn1. The number of carbonyl (C=O) groups excluding carboxylic acids is 2. The van der Waals surface area contributed by atoms with Crippen LogP contribution in [0, 0.1) is 6.92 Å². The quantitative estimate of drug-likeness (QED) is 0.775. The largest absolute Gasteiger partial charge is 0.448 e. The number of aromatic nitrogens is 2. The van der Waals surface area contributed by atoms with Crippen molar-refractivity contribution in [2.75, 3.05) is 50.8 Å². The molecule has 0 spiro atoms. The first kappa shape index (κ1) is 14.6. The Hall–Kier alpha value is -2.38. The number of anilines is 1. The van der Waals surface area contributed by atoms with Crippen LogP contribution in [0.15, 0.2) is 12.1 Å². The van der Waals surface area contributed by atoms with Crippen molar-refractivity contribution in [3.05, 3.63) is 17.8 Å². The van der Waals surface area contributed by atoms with Crippen molar-refractivity contribution >= 4 is 17.8 Å². The van der Waals surface area contributed by atoms with Crippen molar-refractivity contribution < 1.29 is 14.3 Å². The van der Waals surface area contributed by atoms with Gasteiger partial charge in [-0.25, -0.2) is 4.79 Å². The summed E-state index contributed by atoms with van der Waals surface area (Å²) in [4.78, 5) is 28.9. The van der Waals surface area contributed by atoms with Gasteiger partial charge in [-0.05, 0) is 19.1 Å². The average Bonchev–Trinajstić information content (AvgIpc) is 2.93. The molecule has 3 heterocycles. The first-order valence-corrected chi connectivity index (χ1v) is 7.38. The number of rotatable bonds is 3. The van der Waals surface area contributed by atoms with Crippen LogP contribution >= 0.6 is 0 Å². The summed E-state index contributed by atoms with van der Waals surface area (Å²) in [5, 5.41) is 8.22. The van der Waals surface area contributed by atoms with Gasteiger partial charge in [0, 0.05) is 26.2 Å². The van der Waals surface area contributed by atoms with E-state index in [1.54, 1.807) is 4.90 Å². The molecule has 0 unspecified atom stereocenters. The molecule has 0 bridgehead atoms. The lowest BCUT2D eigenvalue weighted by Crippen LogP contribution is -2.51. The summed E-state index contributed by atoms with van der Waals surface area (Å²) < 4.78 is 4.83. The van der Waals surface area contributed by atoms with Gasteiger partial charge in [0.1, 0.15) is 13.2 Å². The minimum atomic E-state index is -0.401. The number of hydrogen-bond donors (Lipinski definition) is 0. The predicted octanol–water partition coefficient (Wildman–Crippen LogP) is -0.114. The number of carbonyl (C=O) groups is 2.